The van der Waals surface area contributed by atoms with Gasteiger partial charge in [-0.25, -0.2) is 0 Å². The van der Waals surface area contributed by atoms with Crippen LogP contribution in [0.4, 0.5) is 0 Å². The van der Waals surface area contributed by atoms with Crippen LogP contribution in [0.1, 0.15) is 184 Å². The molecule has 1 saturated heterocycles. The largest absolute Gasteiger partial charge is 0.394 e. The second-order valence-corrected chi connectivity index (χ2v) is 28.8. The molecular weight excluding hydrogens is 1330 g/mol. The number of hydrogen-bond donors (Lipinski definition) is 18. The quantitative estimate of drug-likeness (QED) is 0.0313. The second kappa shape index (κ2) is 48.2. The molecule has 1 heterocycles. The van der Waals surface area contributed by atoms with Crippen LogP contribution in [0, 0.1) is 29.6 Å². The first-order valence-electron chi connectivity index (χ1n) is 36.7. The average molecular weight is 1460 g/mol. The zero-order valence-electron chi connectivity index (χ0n) is 62.6. The molecule has 23 N–H and O–H groups in total. The summed E-state index contributed by atoms with van der Waals surface area (Å²) in [7, 11) is 0. The molecule has 14 atom stereocenters. The molecule has 32 nitrogen and oxygen atoms in total. The van der Waals surface area contributed by atoms with Gasteiger partial charge < -0.3 is 102 Å². The molecule has 13 amide bonds. The molecule has 0 aromatic heterocycles. The Morgan fingerprint density at radius 3 is 1.24 bits per heavy atom. The van der Waals surface area contributed by atoms with Crippen LogP contribution in [0.15, 0.2) is 30.3 Å². The summed E-state index contributed by atoms with van der Waals surface area (Å²) in [6, 6.07) is -7.31. The lowest BCUT2D eigenvalue weighted by atomic mass is 9.96. The molecule has 1 aromatic rings. The third-order valence-corrected chi connectivity index (χ3v) is 17.8. The second-order valence-electron chi connectivity index (χ2n) is 28.8. The molecule has 1 aliphatic rings. The number of likely N-dealkylation sites (tertiary alicyclic amines) is 1. The van der Waals surface area contributed by atoms with Gasteiger partial charge >= 0.3 is 0 Å². The van der Waals surface area contributed by atoms with E-state index in [4.69, 9.17) is 28.7 Å². The number of nitrogens with two attached hydrogens (primary N) is 5. The van der Waals surface area contributed by atoms with Crippen LogP contribution in [0.3, 0.4) is 0 Å². The summed E-state index contributed by atoms with van der Waals surface area (Å²) in [6.45, 7) is 18.5. The lowest BCUT2D eigenvalue weighted by Gasteiger charge is -2.32. The minimum atomic E-state index is -1.72. The molecule has 0 radical (unpaired) electrons. The molecule has 0 bridgehead atoms. The van der Waals surface area contributed by atoms with Gasteiger partial charge in [-0.3, -0.25) is 62.3 Å². The predicted molar refractivity (Wildman–Crippen MR) is 389 cm³/mol. The van der Waals surface area contributed by atoms with Crippen molar-refractivity contribution in [3.63, 3.8) is 0 Å². The van der Waals surface area contributed by atoms with E-state index >= 15 is 0 Å². The molecule has 0 aliphatic carbocycles. The molecule has 103 heavy (non-hydrogen) atoms. The van der Waals surface area contributed by atoms with Gasteiger partial charge in [0.15, 0.2) is 0 Å². The van der Waals surface area contributed by atoms with Crippen LogP contribution in [-0.4, -0.2) is 210 Å². The Hall–Kier alpha value is -7.91. The highest BCUT2D eigenvalue weighted by molar-refractivity contribution is 6.00. The van der Waals surface area contributed by atoms with E-state index in [1.807, 2.05) is 85.7 Å². The number of carbonyl (C=O) groups is 13. The topological polar surface area (TPSA) is 528 Å². The minimum Gasteiger partial charge on any atom is -0.394 e. The smallest absolute Gasteiger partial charge is 0.245 e. The molecular formula is C71H125N17O15. The van der Waals surface area contributed by atoms with Crippen molar-refractivity contribution >= 4 is 76.8 Å². The summed E-state index contributed by atoms with van der Waals surface area (Å²) in [5.41, 5.74) is 30.0. The van der Waals surface area contributed by atoms with Gasteiger partial charge in [0.25, 0.3) is 0 Å². The summed E-state index contributed by atoms with van der Waals surface area (Å²) in [5, 5.41) is 49.9. The van der Waals surface area contributed by atoms with Crippen molar-refractivity contribution in [3.05, 3.63) is 35.9 Å². The molecule has 0 spiro atoms. The normalized spacial score (nSPS) is 16.7. The molecule has 1 aliphatic heterocycles. The van der Waals surface area contributed by atoms with Gasteiger partial charge in [-0.05, 0) is 164 Å². The number of nitrogens with zero attached hydrogens (tertiary/aromatic N) is 1. The van der Waals surface area contributed by atoms with Gasteiger partial charge in [0.1, 0.15) is 72.5 Å². The van der Waals surface area contributed by atoms with E-state index in [1.165, 1.54) is 11.8 Å². The number of aliphatic hydroxyl groups excluding tert-OH is 2. The van der Waals surface area contributed by atoms with Crippen molar-refractivity contribution in [2.24, 2.45) is 58.3 Å². The fourth-order valence-electron chi connectivity index (χ4n) is 11.8. The average Bonchev–Trinajstić information content (AvgIpc) is 1.75. The summed E-state index contributed by atoms with van der Waals surface area (Å²) in [5.74, 6) is -11.0. The molecule has 2 rings (SSSR count). The number of hydrogen-bond acceptors (Lipinski definition) is 19. The van der Waals surface area contributed by atoms with Gasteiger partial charge in [-0.15, -0.1) is 0 Å². The molecule has 1 fully saturated rings. The fraction of sp³-hybridized carbons (Fsp3) is 0.732. The lowest BCUT2D eigenvalue weighted by molar-refractivity contribution is -0.142. The Kier molecular flexibility index (Phi) is 42.6. The highest BCUT2D eigenvalue weighted by Gasteiger charge is 2.41. The van der Waals surface area contributed by atoms with Crippen LogP contribution in [0.2, 0.25) is 0 Å². The maximum atomic E-state index is 14.3. The number of rotatable bonds is 50. The minimum absolute atomic E-state index is 0.0116. The summed E-state index contributed by atoms with van der Waals surface area (Å²) in [4.78, 5) is 182. The third-order valence-electron chi connectivity index (χ3n) is 17.8. The number of benzene rings is 1. The van der Waals surface area contributed by atoms with Gasteiger partial charge in [-0.1, -0.05) is 106 Å². The molecule has 32 heteroatoms. The van der Waals surface area contributed by atoms with E-state index in [1.54, 1.807) is 13.8 Å². The molecule has 584 valence electrons. The third kappa shape index (κ3) is 33.2. The van der Waals surface area contributed by atoms with Crippen LogP contribution < -0.4 is 87.2 Å². The molecule has 14 unspecified atom stereocenters. The van der Waals surface area contributed by atoms with Crippen LogP contribution in [0.25, 0.3) is 0 Å². The van der Waals surface area contributed by atoms with E-state index in [0.717, 1.165) is 5.56 Å². The Balaban J connectivity index is 2.31. The predicted octanol–water partition coefficient (Wildman–Crippen LogP) is -2.01. The monoisotopic (exact) mass is 1460 g/mol. The van der Waals surface area contributed by atoms with Crippen molar-refractivity contribution in [1.82, 2.24) is 63.4 Å². The number of aliphatic hydroxyl groups is 2. The van der Waals surface area contributed by atoms with E-state index < -0.39 is 174 Å². The number of unbranched alkanes of at least 4 members (excludes halogenated alkanes) is 3. The fourth-order valence-corrected chi connectivity index (χ4v) is 11.8. The van der Waals surface area contributed by atoms with E-state index in [0.29, 0.717) is 38.5 Å². The van der Waals surface area contributed by atoms with Crippen molar-refractivity contribution < 1.29 is 72.5 Å². The summed E-state index contributed by atoms with van der Waals surface area (Å²) in [6.07, 6.45) is 4.15. The zero-order valence-corrected chi connectivity index (χ0v) is 62.6. The van der Waals surface area contributed by atoms with E-state index in [2.05, 4.69) is 58.5 Å². The highest BCUT2D eigenvalue weighted by atomic mass is 16.3. The lowest BCUT2D eigenvalue weighted by Crippen LogP contribution is -2.61. The van der Waals surface area contributed by atoms with Crippen molar-refractivity contribution in [3.8, 4) is 0 Å². The Bertz CT molecular complexity index is 2870. The Labute approximate surface area is 607 Å². The number of nitrogens with one attached hydrogen (secondary N) is 11. The maximum absolute atomic E-state index is 14.3. The first kappa shape index (κ1) is 91.2. The number of primary amides is 1. The summed E-state index contributed by atoms with van der Waals surface area (Å²) < 4.78 is 0. The van der Waals surface area contributed by atoms with E-state index in [9.17, 15) is 72.5 Å². The number of amides is 13. The first-order chi connectivity index (χ1) is 48.7. The zero-order chi connectivity index (χ0) is 77.6. The first-order valence-corrected chi connectivity index (χ1v) is 36.7. The molecule has 0 saturated carbocycles. The SMILES string of the molecule is CCC(C)C(NC(=O)C(CC(C)C)NC(=O)C1CCCN1C(=O)C(CC(C)C)NC(=O)C(N)Cc1ccccc1)C(=O)NC(C)C(=O)NC(CO)C(=O)NC(CCCCN)C(=O)NC(CCCCN)C(=O)NC(CO)C(=O)NC(CCCCN)C(=O)NC(CC(C)C)C(=O)NC(CC(C)C)C(N)=O. The maximum Gasteiger partial charge on any atom is 0.245 e. The standard InChI is InChI=1S/C71H125N17O15/c1-12-44(10)58(87-66(98)53(35-42(6)7)83-69(101)57-28-22-32-88(57)71(103)54(36-43(8)9)84-61(93)47(75)37-46-23-14-13-15-24-46)70(102)77-45(11)60(92)85-55(38-89)67(99)79-48(25-16-19-29-72)62(94)78-50(27-18-21-31-74)64(96)86-56(39-90)68(100)80-49(26-17-20-30-73)63(95)82-52(34-41(4)5)65(97)81-51(59(76)91)33-40(2)3/h13-15,23-24,40-45,47-58,89-90H,12,16-22,25-39,72-75H2,1-11H3,(H2,76,91)(H,77,102)(H,78,94)(H,79,99)(H,80,100)(H,81,97)(H,82,95)(H,83,101)(H,84,93)(H,85,92)(H,86,96)(H,87,98). The van der Waals surface area contributed by atoms with E-state index in [-0.39, 0.29) is 120 Å². The van der Waals surface area contributed by atoms with Crippen LogP contribution in [-0.2, 0) is 68.7 Å². The van der Waals surface area contributed by atoms with Crippen molar-refractivity contribution in [1.29, 1.82) is 0 Å². The van der Waals surface area contributed by atoms with Crippen LogP contribution in [0.5, 0.6) is 0 Å². The molecule has 1 aromatic carbocycles. The van der Waals surface area contributed by atoms with Crippen molar-refractivity contribution in [2.75, 3.05) is 39.4 Å². The van der Waals surface area contributed by atoms with Gasteiger partial charge in [0.05, 0.1) is 19.3 Å². The van der Waals surface area contributed by atoms with Gasteiger partial charge in [-0.2, -0.15) is 0 Å². The van der Waals surface area contributed by atoms with Gasteiger partial charge in [0, 0.05) is 6.54 Å². The highest BCUT2D eigenvalue weighted by Crippen LogP contribution is 2.23. The Morgan fingerprint density at radius 1 is 0.447 bits per heavy atom. The number of carbonyl (C=O) groups excluding carboxylic acids is 13. The van der Waals surface area contributed by atoms with Gasteiger partial charge in [0.2, 0.25) is 76.8 Å². The Morgan fingerprint density at radius 2 is 0.816 bits per heavy atom. The summed E-state index contributed by atoms with van der Waals surface area (Å²) >= 11 is 0. The van der Waals surface area contributed by atoms with Crippen LogP contribution >= 0.6 is 0 Å². The van der Waals surface area contributed by atoms with Crippen molar-refractivity contribution in [2.45, 2.75) is 264 Å².